The van der Waals surface area contributed by atoms with Gasteiger partial charge < -0.3 is 45.6 Å². The smallest absolute Gasteiger partial charge is 0.311 e. The molecule has 0 aromatic heterocycles. The highest BCUT2D eigenvalue weighted by atomic mass is 16.6. The second-order valence-corrected chi connectivity index (χ2v) is 11.6. The lowest BCUT2D eigenvalue weighted by Gasteiger charge is -2.27. The monoisotopic (exact) mass is 610 g/mol. The van der Waals surface area contributed by atoms with Crippen LogP contribution in [0.25, 0.3) is 0 Å². The molecule has 1 aliphatic rings. The molecule has 10 heteroatoms. The van der Waals surface area contributed by atoms with Crippen molar-refractivity contribution < 1.29 is 50.4 Å². The number of aliphatic hydroxyl groups excluding tert-OH is 8. The molecule has 0 spiro atoms. The van der Waals surface area contributed by atoms with Gasteiger partial charge in [0.2, 0.25) is 0 Å². The lowest BCUT2D eigenvalue weighted by molar-refractivity contribution is -0.162. The zero-order chi connectivity index (χ0) is 32.4. The van der Waals surface area contributed by atoms with Gasteiger partial charge in [0.25, 0.3) is 0 Å². The van der Waals surface area contributed by atoms with E-state index in [0.29, 0.717) is 18.4 Å². The molecule has 10 nitrogen and oxygen atoms in total. The maximum atomic E-state index is 12.9. The molecule has 0 aromatic carbocycles. The van der Waals surface area contributed by atoms with Gasteiger partial charge in [0, 0.05) is 12.8 Å². The van der Waals surface area contributed by atoms with Crippen molar-refractivity contribution in [3.05, 3.63) is 60.3 Å². The number of allylic oxidation sites excluding steroid dienone is 8. The van der Waals surface area contributed by atoms with Crippen LogP contribution in [0.3, 0.4) is 0 Å². The van der Waals surface area contributed by atoms with Crippen LogP contribution in [0.2, 0.25) is 0 Å². The quantitative estimate of drug-likeness (QED) is 0.220. The first-order chi connectivity index (χ1) is 20.3. The normalized spacial score (nSPS) is 39.7. The third-order valence-electron chi connectivity index (χ3n) is 7.46. The predicted octanol–water partition coefficient (Wildman–Crippen LogP) is 2.14. The fourth-order valence-electron chi connectivity index (χ4n) is 4.83. The van der Waals surface area contributed by atoms with Gasteiger partial charge >= 0.3 is 5.97 Å². The van der Waals surface area contributed by atoms with E-state index in [0.717, 1.165) is 6.42 Å². The van der Waals surface area contributed by atoms with E-state index in [4.69, 9.17) is 4.74 Å². The summed E-state index contributed by atoms with van der Waals surface area (Å²) in [7, 11) is 0. The number of carbonyl (C=O) groups is 1. The van der Waals surface area contributed by atoms with E-state index in [2.05, 4.69) is 0 Å². The summed E-state index contributed by atoms with van der Waals surface area (Å²) in [6.07, 6.45) is 6.60. The summed E-state index contributed by atoms with van der Waals surface area (Å²) in [5.74, 6) is -1.62. The lowest BCUT2D eigenvalue weighted by atomic mass is 9.90. The van der Waals surface area contributed by atoms with Crippen LogP contribution in [-0.2, 0) is 9.53 Å². The Kier molecular flexibility index (Phi) is 19.5. The molecular weight excluding hydrogens is 556 g/mol. The third kappa shape index (κ3) is 17.1. The Labute approximate surface area is 256 Å². The van der Waals surface area contributed by atoms with Crippen molar-refractivity contribution in [1.29, 1.82) is 0 Å². The molecule has 0 bridgehead atoms. The highest BCUT2D eigenvalue weighted by molar-refractivity contribution is 5.73. The van der Waals surface area contributed by atoms with Crippen LogP contribution in [0.5, 0.6) is 0 Å². The summed E-state index contributed by atoms with van der Waals surface area (Å²) in [4.78, 5) is 12.9. The fraction of sp³-hybridized carbons (Fsp3) is 0.667. The maximum Gasteiger partial charge on any atom is 0.311 e. The van der Waals surface area contributed by atoms with E-state index in [1.807, 2.05) is 6.92 Å². The van der Waals surface area contributed by atoms with Gasteiger partial charge in [-0.15, -0.1) is 0 Å². The van der Waals surface area contributed by atoms with Gasteiger partial charge in [-0.05, 0) is 51.5 Å². The molecule has 0 unspecified atom stereocenters. The molecule has 246 valence electrons. The molecule has 1 heterocycles. The summed E-state index contributed by atoms with van der Waals surface area (Å²) < 4.78 is 5.45. The Bertz CT molecular complexity index is 927. The van der Waals surface area contributed by atoms with Gasteiger partial charge in [-0.3, -0.25) is 4.79 Å². The third-order valence-corrected chi connectivity index (χ3v) is 7.46. The number of esters is 1. The van der Waals surface area contributed by atoms with E-state index in [9.17, 15) is 45.6 Å². The first-order valence-corrected chi connectivity index (χ1v) is 15.3. The number of hydrogen-bond acceptors (Lipinski definition) is 10. The Morgan fingerprint density at radius 2 is 1.16 bits per heavy atom. The number of rotatable bonds is 3. The summed E-state index contributed by atoms with van der Waals surface area (Å²) >= 11 is 0. The minimum absolute atomic E-state index is 0.00262. The Hall–Kier alpha value is -2.15. The first kappa shape index (κ1) is 38.9. The standard InChI is InChI=1S/C33H54O10/c1-4-5-14-29-32(41)21-28(38)19-26(36)17-24(34)16-25(35)18-27(37)20-31(40)22(2)13-11-9-7-6-8-10-12-15-30(39)23(3)43-33(29)42/h6-13,15,23-32,34-41H,4-5,14,16-21H2,1-3H3/b7-6-,10-8-,11-9-,15-12-,22-13-/t23-,24+,25-,26+,27-,28+,29-,30+,31+,32+/m1/s1. The molecule has 1 rings (SSSR count). The highest BCUT2D eigenvalue weighted by Gasteiger charge is 2.32. The summed E-state index contributed by atoms with van der Waals surface area (Å²) in [6.45, 7) is 5.21. The van der Waals surface area contributed by atoms with Crippen molar-refractivity contribution in [1.82, 2.24) is 0 Å². The summed E-state index contributed by atoms with van der Waals surface area (Å²) in [5, 5.41) is 83.5. The molecule has 1 aliphatic heterocycles. The molecule has 0 saturated carbocycles. The molecule has 0 aromatic rings. The van der Waals surface area contributed by atoms with Gasteiger partial charge in [0.15, 0.2) is 0 Å². The van der Waals surface area contributed by atoms with E-state index >= 15 is 0 Å². The molecule has 0 fully saturated rings. The average Bonchev–Trinajstić information content (AvgIpc) is 2.90. The van der Waals surface area contributed by atoms with Crippen molar-refractivity contribution in [2.75, 3.05) is 0 Å². The second kappa shape index (κ2) is 21.5. The zero-order valence-electron chi connectivity index (χ0n) is 25.7. The lowest BCUT2D eigenvalue weighted by Crippen LogP contribution is -2.37. The number of aliphatic hydroxyl groups is 8. The molecule has 10 atom stereocenters. The molecule has 0 saturated heterocycles. The molecule has 0 amide bonds. The van der Waals surface area contributed by atoms with Crippen LogP contribution in [0, 0.1) is 5.92 Å². The van der Waals surface area contributed by atoms with Gasteiger partial charge in [0.1, 0.15) is 12.2 Å². The first-order valence-electron chi connectivity index (χ1n) is 15.3. The van der Waals surface area contributed by atoms with Gasteiger partial charge in [-0.2, -0.15) is 0 Å². The Morgan fingerprint density at radius 1 is 0.698 bits per heavy atom. The minimum atomic E-state index is -1.25. The predicted molar refractivity (Wildman–Crippen MR) is 165 cm³/mol. The van der Waals surface area contributed by atoms with Crippen LogP contribution < -0.4 is 0 Å². The maximum absolute atomic E-state index is 12.9. The van der Waals surface area contributed by atoms with Crippen LogP contribution in [0.1, 0.15) is 78.6 Å². The number of ether oxygens (including phenoxy) is 1. The number of carbonyl (C=O) groups excluding carboxylic acids is 1. The number of unbranched alkanes of at least 4 members (excludes halogenated alkanes) is 1. The average molecular weight is 611 g/mol. The van der Waals surface area contributed by atoms with Crippen LogP contribution in [-0.4, -0.2) is 102 Å². The molecule has 43 heavy (non-hydrogen) atoms. The topological polar surface area (TPSA) is 188 Å². The summed E-state index contributed by atoms with van der Waals surface area (Å²) in [6, 6.07) is 0. The van der Waals surface area contributed by atoms with Crippen molar-refractivity contribution in [2.24, 2.45) is 5.92 Å². The van der Waals surface area contributed by atoms with E-state index in [1.165, 1.54) is 6.08 Å². The number of hydrogen-bond donors (Lipinski definition) is 8. The van der Waals surface area contributed by atoms with Gasteiger partial charge in [-0.25, -0.2) is 0 Å². The largest absolute Gasteiger partial charge is 0.459 e. The van der Waals surface area contributed by atoms with E-state index in [-0.39, 0.29) is 38.5 Å². The van der Waals surface area contributed by atoms with Gasteiger partial charge in [-0.1, -0.05) is 74.4 Å². The fourth-order valence-corrected chi connectivity index (χ4v) is 4.83. The summed E-state index contributed by atoms with van der Waals surface area (Å²) in [5.41, 5.74) is 0.622. The van der Waals surface area contributed by atoms with Crippen LogP contribution >= 0.6 is 0 Å². The molecule has 8 N–H and O–H groups in total. The Balaban J connectivity index is 3.06. The van der Waals surface area contributed by atoms with Crippen LogP contribution in [0.4, 0.5) is 0 Å². The van der Waals surface area contributed by atoms with Crippen molar-refractivity contribution >= 4 is 5.97 Å². The second-order valence-electron chi connectivity index (χ2n) is 11.6. The van der Waals surface area contributed by atoms with Crippen LogP contribution in [0.15, 0.2) is 60.3 Å². The zero-order valence-corrected chi connectivity index (χ0v) is 25.7. The van der Waals surface area contributed by atoms with E-state index < -0.39 is 66.8 Å². The highest BCUT2D eigenvalue weighted by Crippen LogP contribution is 2.23. The number of cyclic esters (lactones) is 1. The minimum Gasteiger partial charge on any atom is -0.459 e. The molecule has 0 radical (unpaired) electrons. The Morgan fingerprint density at radius 3 is 1.70 bits per heavy atom. The van der Waals surface area contributed by atoms with Crippen molar-refractivity contribution in [3.63, 3.8) is 0 Å². The van der Waals surface area contributed by atoms with Crippen molar-refractivity contribution in [2.45, 2.75) is 133 Å². The van der Waals surface area contributed by atoms with E-state index in [1.54, 1.807) is 62.5 Å². The molecule has 0 aliphatic carbocycles. The SMILES string of the molecule is CCCC[C@H]1C(=O)O[C@H](C)[C@@H](O)\C=C/C=C\C=C/C=C\C=C(\C)[C@@H](O)C[C@H](O)C[C@H](O)C[C@H](O)C[C@H](O)C[C@H](O)C[C@@H]1O. The molecular formula is C33H54O10. The van der Waals surface area contributed by atoms with Gasteiger partial charge in [0.05, 0.1) is 48.6 Å². The van der Waals surface area contributed by atoms with Crippen molar-refractivity contribution in [3.8, 4) is 0 Å².